The molecule has 0 spiro atoms. The second-order valence-electron chi connectivity index (χ2n) is 6.78. The van der Waals surface area contributed by atoms with Gasteiger partial charge >= 0.3 is 0 Å². The lowest BCUT2D eigenvalue weighted by Crippen LogP contribution is -2.38. The van der Waals surface area contributed by atoms with Gasteiger partial charge in [0.1, 0.15) is 17.8 Å². The summed E-state index contributed by atoms with van der Waals surface area (Å²) in [5.74, 6) is 0.973. The Bertz CT molecular complexity index is 1050. The molecular weight excluding hydrogens is 354 g/mol. The highest BCUT2D eigenvalue weighted by Gasteiger charge is 2.32. The summed E-state index contributed by atoms with van der Waals surface area (Å²) in [6.07, 6.45) is 4.34. The van der Waals surface area contributed by atoms with Crippen LogP contribution in [0.1, 0.15) is 53.1 Å². The number of aryl methyl sites for hydroxylation is 1. The van der Waals surface area contributed by atoms with E-state index in [4.69, 9.17) is 4.52 Å². The summed E-state index contributed by atoms with van der Waals surface area (Å²) >= 11 is 0. The third kappa shape index (κ3) is 3.37. The van der Waals surface area contributed by atoms with Gasteiger partial charge in [0.25, 0.3) is 5.91 Å². The van der Waals surface area contributed by atoms with Gasteiger partial charge in [0.15, 0.2) is 5.82 Å². The maximum absolute atomic E-state index is 13.3. The highest BCUT2D eigenvalue weighted by molar-refractivity contribution is 5.96. The quantitative estimate of drug-likeness (QED) is 0.695. The van der Waals surface area contributed by atoms with Gasteiger partial charge in [-0.25, -0.2) is 4.98 Å². The summed E-state index contributed by atoms with van der Waals surface area (Å²) in [5, 5.41) is 13.2. The zero-order valence-corrected chi connectivity index (χ0v) is 15.5. The molecule has 3 heterocycles. The molecule has 0 aliphatic carbocycles. The molecule has 28 heavy (non-hydrogen) atoms. The number of carbonyl (C=O) groups excluding carboxylic acids is 1. The fraction of sp³-hybridized carbons (Fsp3) is 0.286. The van der Waals surface area contributed by atoms with E-state index in [1.54, 1.807) is 25.3 Å². The van der Waals surface area contributed by atoms with Crippen molar-refractivity contribution in [1.82, 2.24) is 20.0 Å². The summed E-state index contributed by atoms with van der Waals surface area (Å²) in [5.41, 5.74) is 2.40. The Morgan fingerprint density at radius 1 is 1.29 bits per heavy atom. The van der Waals surface area contributed by atoms with E-state index in [9.17, 15) is 10.1 Å². The van der Waals surface area contributed by atoms with Crippen molar-refractivity contribution < 1.29 is 9.32 Å². The first-order chi connectivity index (χ1) is 13.7. The van der Waals surface area contributed by atoms with Crippen molar-refractivity contribution in [2.45, 2.75) is 32.2 Å². The highest BCUT2D eigenvalue weighted by Crippen LogP contribution is 2.32. The molecule has 7 nitrogen and oxygen atoms in total. The van der Waals surface area contributed by atoms with Crippen molar-refractivity contribution in [1.29, 1.82) is 5.26 Å². The Hall–Kier alpha value is -3.53. The largest absolute Gasteiger partial charge is 0.337 e. The van der Waals surface area contributed by atoms with Gasteiger partial charge in [0.2, 0.25) is 5.89 Å². The van der Waals surface area contributed by atoms with Gasteiger partial charge in [-0.2, -0.15) is 10.2 Å². The predicted molar refractivity (Wildman–Crippen MR) is 101 cm³/mol. The van der Waals surface area contributed by atoms with E-state index < -0.39 is 0 Å². The number of aromatic nitrogens is 3. The lowest BCUT2D eigenvalue weighted by molar-refractivity contribution is 0.0561. The van der Waals surface area contributed by atoms with E-state index in [1.807, 2.05) is 29.2 Å². The van der Waals surface area contributed by atoms with Crippen molar-refractivity contribution >= 4 is 5.91 Å². The molecule has 3 aromatic rings. The van der Waals surface area contributed by atoms with Crippen molar-refractivity contribution in [3.05, 3.63) is 65.6 Å². The van der Waals surface area contributed by atoms with Gasteiger partial charge < -0.3 is 9.42 Å². The van der Waals surface area contributed by atoms with Crippen LogP contribution in [0.2, 0.25) is 0 Å². The van der Waals surface area contributed by atoms with E-state index in [0.29, 0.717) is 35.1 Å². The average molecular weight is 373 g/mol. The molecule has 1 atom stereocenters. The fourth-order valence-corrected chi connectivity index (χ4v) is 3.59. The standard InChI is InChI=1S/C21H19N5O2/c1-14-24-20(28-25-14)19-9-2-3-11-26(19)21(27)16-7-4-6-15(12-16)17-8-5-10-23-18(17)13-22/h4-8,10,12,19H,2-3,9,11H2,1H3/t19-/m0/s1. The Balaban J connectivity index is 1.67. The summed E-state index contributed by atoms with van der Waals surface area (Å²) in [4.78, 5) is 23.5. The van der Waals surface area contributed by atoms with Gasteiger partial charge in [-0.3, -0.25) is 4.79 Å². The lowest BCUT2D eigenvalue weighted by Gasteiger charge is -2.33. The van der Waals surface area contributed by atoms with Crippen molar-refractivity contribution in [3.8, 4) is 17.2 Å². The molecule has 1 aromatic carbocycles. The zero-order valence-electron chi connectivity index (χ0n) is 15.5. The first-order valence-corrected chi connectivity index (χ1v) is 9.24. The minimum Gasteiger partial charge on any atom is -0.337 e. The lowest BCUT2D eigenvalue weighted by atomic mass is 9.98. The molecule has 1 fully saturated rings. The van der Waals surface area contributed by atoms with Crippen LogP contribution in [0.25, 0.3) is 11.1 Å². The first kappa shape index (κ1) is 17.9. The number of benzene rings is 1. The van der Waals surface area contributed by atoms with E-state index in [1.165, 1.54) is 0 Å². The summed E-state index contributed by atoms with van der Waals surface area (Å²) in [6.45, 7) is 2.41. The van der Waals surface area contributed by atoms with Crippen molar-refractivity contribution in [2.24, 2.45) is 0 Å². The minimum absolute atomic E-state index is 0.0789. The van der Waals surface area contributed by atoms with E-state index in [2.05, 4.69) is 21.2 Å². The third-order valence-electron chi connectivity index (χ3n) is 4.93. The topological polar surface area (TPSA) is 95.9 Å². The number of likely N-dealkylation sites (tertiary alicyclic amines) is 1. The molecule has 1 aliphatic rings. The van der Waals surface area contributed by atoms with Crippen LogP contribution in [0, 0.1) is 18.3 Å². The maximum Gasteiger partial charge on any atom is 0.254 e. The molecule has 1 saturated heterocycles. The Morgan fingerprint density at radius 3 is 2.96 bits per heavy atom. The summed E-state index contributed by atoms with van der Waals surface area (Å²) < 4.78 is 5.34. The van der Waals surface area contributed by atoms with E-state index >= 15 is 0 Å². The molecule has 1 aliphatic heterocycles. The molecule has 0 N–H and O–H groups in total. The predicted octanol–water partition coefficient (Wildman–Crippen LogP) is 3.68. The number of rotatable bonds is 3. The number of carbonyl (C=O) groups is 1. The van der Waals surface area contributed by atoms with E-state index in [0.717, 1.165) is 24.8 Å². The normalized spacial score (nSPS) is 16.6. The molecule has 0 bridgehead atoms. The fourth-order valence-electron chi connectivity index (χ4n) is 3.59. The number of amides is 1. The summed E-state index contributed by atoms with van der Waals surface area (Å²) in [7, 11) is 0. The smallest absolute Gasteiger partial charge is 0.254 e. The second kappa shape index (κ2) is 7.61. The second-order valence-corrected chi connectivity index (χ2v) is 6.78. The molecule has 1 amide bonds. The number of nitriles is 1. The molecule has 0 saturated carbocycles. The molecule has 2 aromatic heterocycles. The van der Waals surface area contributed by atoms with Gasteiger partial charge in [-0.15, -0.1) is 0 Å². The molecule has 140 valence electrons. The highest BCUT2D eigenvalue weighted by atomic mass is 16.5. The third-order valence-corrected chi connectivity index (χ3v) is 4.93. The Kier molecular flexibility index (Phi) is 4.85. The van der Waals surface area contributed by atoms with Crippen LogP contribution < -0.4 is 0 Å². The number of piperidine rings is 1. The van der Waals surface area contributed by atoms with Crippen LogP contribution in [0.15, 0.2) is 47.1 Å². The van der Waals surface area contributed by atoms with Crippen LogP contribution in [0.5, 0.6) is 0 Å². The summed E-state index contributed by atoms with van der Waals surface area (Å²) in [6, 6.07) is 12.8. The van der Waals surface area contributed by atoms with Crippen LogP contribution in [-0.4, -0.2) is 32.5 Å². The Labute approximate surface area is 162 Å². The monoisotopic (exact) mass is 373 g/mol. The average Bonchev–Trinajstić information content (AvgIpc) is 3.19. The van der Waals surface area contributed by atoms with Crippen LogP contribution in [0.4, 0.5) is 0 Å². The molecular formula is C21H19N5O2. The first-order valence-electron chi connectivity index (χ1n) is 9.24. The SMILES string of the molecule is Cc1noc([C@@H]2CCCCN2C(=O)c2cccc(-c3cccnc3C#N)c2)n1. The maximum atomic E-state index is 13.3. The molecule has 0 unspecified atom stereocenters. The number of hydrogen-bond donors (Lipinski definition) is 0. The molecule has 4 rings (SSSR count). The van der Waals surface area contributed by atoms with Gasteiger partial charge in [-0.05, 0) is 56.0 Å². The van der Waals surface area contributed by atoms with Crippen LogP contribution in [0.3, 0.4) is 0 Å². The van der Waals surface area contributed by atoms with Gasteiger partial charge in [0, 0.05) is 23.9 Å². The van der Waals surface area contributed by atoms with Crippen molar-refractivity contribution in [3.63, 3.8) is 0 Å². The number of pyridine rings is 1. The van der Waals surface area contributed by atoms with Gasteiger partial charge in [-0.1, -0.05) is 17.3 Å². The van der Waals surface area contributed by atoms with Crippen molar-refractivity contribution in [2.75, 3.05) is 6.54 Å². The molecule has 7 heteroatoms. The van der Waals surface area contributed by atoms with Gasteiger partial charge in [0.05, 0.1) is 0 Å². The zero-order chi connectivity index (χ0) is 19.5. The minimum atomic E-state index is -0.209. The Morgan fingerprint density at radius 2 is 2.18 bits per heavy atom. The molecule has 0 radical (unpaired) electrons. The van der Waals surface area contributed by atoms with Crippen LogP contribution >= 0.6 is 0 Å². The number of nitrogens with zero attached hydrogens (tertiary/aromatic N) is 5. The van der Waals surface area contributed by atoms with E-state index in [-0.39, 0.29) is 11.9 Å². The number of hydrogen-bond acceptors (Lipinski definition) is 6. The van der Waals surface area contributed by atoms with Crippen LogP contribution in [-0.2, 0) is 0 Å².